The fourth-order valence-corrected chi connectivity index (χ4v) is 3.82. The molecule has 0 fully saturated rings. The Balaban J connectivity index is 2.90. The monoisotopic (exact) mass is 402 g/mol. The molecule has 0 amide bonds. The number of ether oxygens (including phenoxy) is 1. The van der Waals surface area contributed by atoms with Gasteiger partial charge in [-0.3, -0.25) is 19.7 Å². The summed E-state index contributed by atoms with van der Waals surface area (Å²) in [5.41, 5.74) is -0.229. The average molecular weight is 402 g/mol. The molecule has 0 spiro atoms. The summed E-state index contributed by atoms with van der Waals surface area (Å²) in [4.78, 5) is 31.8. The minimum atomic E-state index is -3.94. The van der Waals surface area contributed by atoms with Crippen LogP contribution in [-0.4, -0.2) is 54.9 Å². The van der Waals surface area contributed by atoms with Gasteiger partial charge < -0.3 is 9.84 Å². The van der Waals surface area contributed by atoms with E-state index in [4.69, 9.17) is 5.11 Å². The van der Waals surface area contributed by atoms with Gasteiger partial charge in [-0.15, -0.1) is 0 Å². The number of nitrogens with zero attached hydrogens (tertiary/aromatic N) is 2. The first kappa shape index (κ1) is 22.5. The number of unbranched alkanes of at least 4 members (excludes halogenated alkanes) is 1. The van der Waals surface area contributed by atoms with E-state index in [9.17, 15) is 28.1 Å². The Kier molecular flexibility index (Phi) is 8.82. The summed E-state index contributed by atoms with van der Waals surface area (Å²) in [6.45, 7) is 0.120. The van der Waals surface area contributed by atoms with Gasteiger partial charge in [0.15, 0.2) is 0 Å². The van der Waals surface area contributed by atoms with Crippen molar-refractivity contribution in [3.63, 3.8) is 0 Å². The first-order valence-corrected chi connectivity index (χ1v) is 9.65. The number of carbonyl (C=O) groups is 2. The van der Waals surface area contributed by atoms with Crippen LogP contribution in [0.25, 0.3) is 0 Å². The van der Waals surface area contributed by atoms with Crippen molar-refractivity contribution >= 4 is 27.6 Å². The lowest BCUT2D eigenvalue weighted by Gasteiger charge is -2.22. The molecule has 0 bridgehead atoms. The van der Waals surface area contributed by atoms with Crippen LogP contribution in [0, 0.1) is 10.1 Å². The second-order valence-electron chi connectivity index (χ2n) is 5.69. The fraction of sp³-hybridized carbons (Fsp3) is 0.500. The highest BCUT2D eigenvalue weighted by atomic mass is 32.2. The molecule has 0 aliphatic heterocycles. The molecule has 10 nitrogen and oxygen atoms in total. The van der Waals surface area contributed by atoms with Crippen molar-refractivity contribution in [3.8, 4) is 0 Å². The first-order chi connectivity index (χ1) is 12.7. The topological polar surface area (TPSA) is 144 Å². The molecule has 0 saturated carbocycles. The van der Waals surface area contributed by atoms with Crippen LogP contribution in [0.2, 0.25) is 0 Å². The number of nitro benzene ring substituents is 1. The van der Waals surface area contributed by atoms with Crippen molar-refractivity contribution in [2.75, 3.05) is 20.2 Å². The summed E-state index contributed by atoms with van der Waals surface area (Å²) in [7, 11) is -2.70. The first-order valence-electron chi connectivity index (χ1n) is 8.21. The van der Waals surface area contributed by atoms with Crippen LogP contribution >= 0.6 is 0 Å². The van der Waals surface area contributed by atoms with Gasteiger partial charge in [-0.05, 0) is 31.4 Å². The van der Waals surface area contributed by atoms with Crippen LogP contribution in [0.4, 0.5) is 5.69 Å². The summed E-state index contributed by atoms with van der Waals surface area (Å²) in [6.07, 6.45) is 0.832. The third-order valence-electron chi connectivity index (χ3n) is 3.75. The van der Waals surface area contributed by atoms with Gasteiger partial charge in [-0.1, -0.05) is 0 Å². The van der Waals surface area contributed by atoms with Crippen LogP contribution in [0.1, 0.15) is 32.1 Å². The number of carboxylic acid groups (broad SMARTS) is 1. The molecule has 11 heteroatoms. The standard InChI is InChI=1S/C16H22N2O8S/c1-26-16(21)6-4-12-17(11-3-2-5-15(19)20)27(24,25)14-9-7-13(8-10-14)18(22)23/h7-10H,2-6,11-12H2,1H3,(H,19,20). The lowest BCUT2D eigenvalue weighted by molar-refractivity contribution is -0.384. The molecule has 0 aliphatic carbocycles. The number of carboxylic acids is 1. The molecular weight excluding hydrogens is 380 g/mol. The summed E-state index contributed by atoms with van der Waals surface area (Å²) in [5.74, 6) is -1.43. The molecule has 0 atom stereocenters. The summed E-state index contributed by atoms with van der Waals surface area (Å²) >= 11 is 0. The van der Waals surface area contributed by atoms with Gasteiger partial charge >= 0.3 is 11.9 Å². The lowest BCUT2D eigenvalue weighted by Crippen LogP contribution is -2.33. The molecule has 1 rings (SSSR count). The number of aliphatic carboxylic acids is 1. The molecule has 1 N–H and O–H groups in total. The second kappa shape index (κ2) is 10.6. The van der Waals surface area contributed by atoms with E-state index in [1.165, 1.54) is 7.11 Å². The maximum Gasteiger partial charge on any atom is 0.305 e. The Morgan fingerprint density at radius 1 is 1.11 bits per heavy atom. The molecule has 1 aromatic carbocycles. The summed E-state index contributed by atoms with van der Waals surface area (Å²) in [5, 5.41) is 19.4. The molecule has 0 unspecified atom stereocenters. The molecule has 1 aromatic rings. The van der Waals surface area contributed by atoms with Gasteiger partial charge in [0.1, 0.15) is 0 Å². The van der Waals surface area contributed by atoms with E-state index >= 15 is 0 Å². The third kappa shape index (κ3) is 7.31. The van der Waals surface area contributed by atoms with Crippen molar-refractivity contribution in [2.24, 2.45) is 0 Å². The number of hydrogen-bond acceptors (Lipinski definition) is 7. The van der Waals surface area contributed by atoms with Crippen molar-refractivity contribution in [1.29, 1.82) is 0 Å². The smallest absolute Gasteiger partial charge is 0.305 e. The average Bonchev–Trinajstić information content (AvgIpc) is 2.63. The molecule has 150 valence electrons. The van der Waals surface area contributed by atoms with Gasteiger partial charge in [0.05, 0.1) is 16.9 Å². The Morgan fingerprint density at radius 3 is 2.22 bits per heavy atom. The maximum atomic E-state index is 12.8. The summed E-state index contributed by atoms with van der Waals surface area (Å²) < 4.78 is 31.3. The second-order valence-corrected chi connectivity index (χ2v) is 7.62. The molecule has 0 saturated heterocycles. The summed E-state index contributed by atoms with van der Waals surface area (Å²) in [6, 6.07) is 4.50. The largest absolute Gasteiger partial charge is 0.481 e. The molecule has 0 aliphatic rings. The van der Waals surface area contributed by atoms with Crippen LogP contribution in [-0.2, 0) is 24.3 Å². The predicted molar refractivity (Wildman–Crippen MR) is 94.6 cm³/mol. The van der Waals surface area contributed by atoms with Crippen LogP contribution in [0.3, 0.4) is 0 Å². The van der Waals surface area contributed by atoms with Crippen LogP contribution < -0.4 is 0 Å². The Bertz CT molecular complexity index is 761. The number of esters is 1. The molecular formula is C16H22N2O8S. The van der Waals surface area contributed by atoms with Crippen LogP contribution in [0.5, 0.6) is 0 Å². The lowest BCUT2D eigenvalue weighted by atomic mass is 10.2. The maximum absolute atomic E-state index is 12.8. The van der Waals surface area contributed by atoms with Gasteiger partial charge in [0.2, 0.25) is 10.0 Å². The number of non-ortho nitro benzene ring substituents is 1. The number of hydrogen-bond donors (Lipinski definition) is 1. The van der Waals surface area contributed by atoms with E-state index < -0.39 is 26.9 Å². The van der Waals surface area contributed by atoms with Crippen molar-refractivity contribution in [3.05, 3.63) is 34.4 Å². The minimum Gasteiger partial charge on any atom is -0.481 e. The fourth-order valence-electron chi connectivity index (χ4n) is 2.31. The van der Waals surface area contributed by atoms with Crippen LogP contribution in [0.15, 0.2) is 29.2 Å². The Morgan fingerprint density at radius 2 is 1.70 bits per heavy atom. The number of benzene rings is 1. The van der Waals surface area contributed by atoms with E-state index in [0.717, 1.165) is 28.6 Å². The molecule has 0 aromatic heterocycles. The zero-order valence-corrected chi connectivity index (χ0v) is 15.7. The molecule has 0 heterocycles. The van der Waals surface area contributed by atoms with Gasteiger partial charge in [-0.25, -0.2) is 8.42 Å². The normalized spacial score (nSPS) is 11.3. The quantitative estimate of drug-likeness (QED) is 0.241. The molecule has 27 heavy (non-hydrogen) atoms. The highest BCUT2D eigenvalue weighted by Crippen LogP contribution is 2.20. The number of sulfonamides is 1. The minimum absolute atomic E-state index is 0.0396. The number of methoxy groups -OCH3 is 1. The number of rotatable bonds is 12. The van der Waals surface area contributed by atoms with Crippen molar-refractivity contribution in [2.45, 2.75) is 37.0 Å². The van der Waals surface area contributed by atoms with Gasteiger partial charge in [0, 0.05) is 38.1 Å². The molecule has 0 radical (unpaired) electrons. The highest BCUT2D eigenvalue weighted by molar-refractivity contribution is 7.89. The SMILES string of the molecule is COC(=O)CCCN(CCCCC(=O)O)S(=O)(=O)c1ccc([N+](=O)[O-])cc1. The van der Waals surface area contributed by atoms with Crippen molar-refractivity contribution in [1.82, 2.24) is 4.31 Å². The highest BCUT2D eigenvalue weighted by Gasteiger charge is 2.25. The Labute approximate surface area is 156 Å². The zero-order valence-electron chi connectivity index (χ0n) is 14.9. The van der Waals surface area contributed by atoms with Gasteiger partial charge in [0.25, 0.3) is 5.69 Å². The van der Waals surface area contributed by atoms with Crippen molar-refractivity contribution < 1.29 is 32.8 Å². The predicted octanol–water partition coefficient (Wildman–Crippen LogP) is 1.79. The van der Waals surface area contributed by atoms with E-state index in [1.54, 1.807) is 0 Å². The number of nitro groups is 1. The van der Waals surface area contributed by atoms with Gasteiger partial charge in [-0.2, -0.15) is 4.31 Å². The number of carbonyl (C=O) groups excluding carboxylic acids is 1. The van der Waals surface area contributed by atoms with E-state index in [0.29, 0.717) is 12.8 Å². The third-order valence-corrected chi connectivity index (χ3v) is 5.66. The zero-order chi connectivity index (χ0) is 20.4. The van der Waals surface area contributed by atoms with E-state index in [1.807, 2.05) is 0 Å². The van der Waals surface area contributed by atoms with E-state index in [-0.39, 0.29) is 42.9 Å². The Hall–Kier alpha value is -2.53. The van der Waals surface area contributed by atoms with E-state index in [2.05, 4.69) is 4.74 Å².